The van der Waals surface area contributed by atoms with Gasteiger partial charge in [-0.15, -0.1) is 0 Å². The molecule has 0 radical (unpaired) electrons. The van der Waals surface area contributed by atoms with Crippen molar-refractivity contribution in [2.24, 2.45) is 0 Å². The standard InChI is InChI=1S/C24H20F5N5O.2C23H18F5N5O.C20H15F3N6O.CH4/c1-23(25,26)7-5-17(35)10-14-3-2-4-15(9-14)19-13-31-20-11-16(6-8-34(19)20)22-32-12-18(21(30)33-22)24(27,28)29;1-22(24,25)18-5-7-29-21(32-18)16-6-8-33-17(12-30-19(33)11-16)15-4-2-3-14(9-15)10-20(34)31-13-23(26,27)28;1-22(24,25)19-10-17(31-13-32-19)15-5-6-33-18(11-29-20(33)9-15)16-4-2-3-14(7-16)8-21(34)30-12-23(26,27)28;21-20(22,23)12-27-19(30)28-15-4-1-3-13(9-15)16-11-26-17-10-14(5-8-29(16)17)18-24-6-2-7-25-18;/h2-4,6,8-9,11-13H,5,7,10H2,1H3,(H2,30,32,33);2-9,11-12H,10,13H2,1H3,(H,31,34);2-7,9-11,13H,8,12H2,1H3,(H,30,34);1-11H,12H2,(H2,27,28,30);1H4. The normalized spacial score (nSPS) is 11.9. The van der Waals surface area contributed by atoms with Crippen molar-refractivity contribution in [3.05, 3.63) is 278 Å². The van der Waals surface area contributed by atoms with Gasteiger partial charge in [-0.05, 0) is 121 Å². The van der Waals surface area contributed by atoms with Gasteiger partial charge in [0.1, 0.15) is 77.1 Å². The number of hydrogen-bond acceptors (Lipinski definition) is 17. The number of imidazole rings is 4. The van der Waals surface area contributed by atoms with Gasteiger partial charge in [0.15, 0.2) is 17.5 Å². The predicted molar refractivity (Wildman–Crippen MR) is 459 cm³/mol. The molecule has 0 saturated heterocycles. The average molecular weight is 1870 g/mol. The molecule has 134 heavy (non-hydrogen) atoms. The van der Waals surface area contributed by atoms with Crippen molar-refractivity contribution in [1.29, 1.82) is 0 Å². The summed E-state index contributed by atoms with van der Waals surface area (Å²) in [6.45, 7) is -1.86. The highest BCUT2D eigenvalue weighted by Gasteiger charge is 2.36. The number of anilines is 2. The Morgan fingerprint density at radius 1 is 0.373 bits per heavy atom. The second-order valence-corrected chi connectivity index (χ2v) is 30.1. The van der Waals surface area contributed by atoms with Crippen LogP contribution in [0.5, 0.6) is 0 Å². The van der Waals surface area contributed by atoms with E-state index in [-0.39, 0.29) is 50.5 Å². The third-order valence-corrected chi connectivity index (χ3v) is 19.5. The summed E-state index contributed by atoms with van der Waals surface area (Å²) in [5.74, 6) is -10.8. The molecule has 12 heterocycles. The van der Waals surface area contributed by atoms with Gasteiger partial charge in [0.05, 0.1) is 66.1 Å². The van der Waals surface area contributed by atoms with Gasteiger partial charge < -0.3 is 27.0 Å². The van der Waals surface area contributed by atoms with Crippen LogP contribution < -0.4 is 27.0 Å². The SMILES string of the molecule is C.CC(F)(F)CCC(=O)Cc1cccc(-c2cnc3cc(-c4ncc(C(F)(F)F)c(N)n4)ccn23)c1.CC(F)(F)c1cc(-c2ccn3c(-c4cccc(CC(=O)NCC(F)(F)F)c4)cnc3c2)ncn1.CC(F)(F)c1ccnc(-c2ccn3c(-c4cccc(CC(=O)NCC(F)(F)F)c4)cnc3c2)n1.O=C(NCC(F)(F)F)Nc1cccc(-c2cnc3cc(-c4ncccn4)ccn23)c1. The van der Waals surface area contributed by atoms with E-state index in [9.17, 15) is 98.2 Å². The summed E-state index contributed by atoms with van der Waals surface area (Å²) in [6.07, 6.45) is 0.569. The fourth-order valence-corrected chi connectivity index (χ4v) is 13.3. The number of nitrogens with two attached hydrogens (primary N) is 1. The second kappa shape index (κ2) is 40.4. The van der Waals surface area contributed by atoms with E-state index in [0.717, 1.165) is 55.5 Å². The van der Waals surface area contributed by atoms with Crippen molar-refractivity contribution in [1.82, 2.24) is 93.4 Å². The number of benzene rings is 4. The van der Waals surface area contributed by atoms with Crippen LogP contribution in [-0.4, -0.2) is 145 Å². The number of aromatic nitrogens is 16. The van der Waals surface area contributed by atoms with E-state index < -0.39 is 109 Å². The molecule has 4 amide bonds. The van der Waals surface area contributed by atoms with E-state index in [4.69, 9.17) is 5.73 Å². The number of carbonyl (C=O) groups excluding carboxylic acids is 4. The number of hydrogen-bond donors (Lipinski definition) is 5. The summed E-state index contributed by atoms with van der Waals surface area (Å²) in [5, 5.41) is 7.87. The fourth-order valence-electron chi connectivity index (χ4n) is 13.3. The number of halogens is 18. The van der Waals surface area contributed by atoms with Gasteiger partial charge in [0.25, 0.3) is 11.8 Å². The summed E-state index contributed by atoms with van der Waals surface area (Å²) in [6, 6.07) is 44.4. The van der Waals surface area contributed by atoms with E-state index in [2.05, 4.69) is 65.1 Å². The van der Waals surface area contributed by atoms with Crippen LogP contribution in [0.15, 0.2) is 244 Å². The van der Waals surface area contributed by atoms with Crippen molar-refractivity contribution in [3.8, 4) is 90.5 Å². The molecular formula is C91H75F18N21O4. The van der Waals surface area contributed by atoms with Crippen LogP contribution in [0.1, 0.15) is 74.7 Å². The molecule has 0 aliphatic carbocycles. The van der Waals surface area contributed by atoms with Crippen LogP contribution in [0.2, 0.25) is 0 Å². The molecule has 0 aliphatic heterocycles. The summed E-state index contributed by atoms with van der Waals surface area (Å²) in [7, 11) is 0. The minimum absolute atomic E-state index is 0. The number of Topliss-reactive ketones (excluding diaryl/α,β-unsaturated/α-hetero) is 1. The van der Waals surface area contributed by atoms with Crippen LogP contribution in [0.4, 0.5) is 95.3 Å². The van der Waals surface area contributed by atoms with Crippen molar-refractivity contribution in [2.45, 2.75) is 103 Å². The molecule has 694 valence electrons. The molecule has 0 aliphatic rings. The number of nitrogens with zero attached hydrogens (tertiary/aromatic N) is 16. The highest BCUT2D eigenvalue weighted by Crippen LogP contribution is 2.37. The third-order valence-electron chi connectivity index (χ3n) is 19.5. The van der Waals surface area contributed by atoms with Crippen LogP contribution in [0.3, 0.4) is 0 Å². The van der Waals surface area contributed by atoms with Crippen LogP contribution in [0, 0.1) is 0 Å². The number of fused-ring (bicyclic) bond motifs is 4. The zero-order valence-corrected chi connectivity index (χ0v) is 69.4. The van der Waals surface area contributed by atoms with Gasteiger partial charge in [0.2, 0.25) is 17.7 Å². The first kappa shape index (κ1) is 97.4. The minimum Gasteiger partial charge on any atom is -0.383 e. The number of carbonyl (C=O) groups is 4. The van der Waals surface area contributed by atoms with Crippen LogP contribution >= 0.6 is 0 Å². The number of rotatable bonds is 23. The maximum Gasteiger partial charge on any atom is 0.421 e. The van der Waals surface area contributed by atoms with Crippen LogP contribution in [0.25, 0.3) is 113 Å². The van der Waals surface area contributed by atoms with Gasteiger partial charge in [-0.2, -0.15) is 70.2 Å². The van der Waals surface area contributed by atoms with Gasteiger partial charge in [0, 0.05) is 133 Å². The molecule has 0 unspecified atom stereocenters. The van der Waals surface area contributed by atoms with E-state index in [1.807, 2.05) is 45.5 Å². The lowest BCUT2D eigenvalue weighted by Crippen LogP contribution is -2.36. The molecular weight excluding hydrogens is 1790 g/mol. The number of urea groups is 1. The number of ketones is 1. The molecule has 25 nitrogen and oxygen atoms in total. The van der Waals surface area contributed by atoms with Crippen molar-refractivity contribution < 1.29 is 98.2 Å². The Morgan fingerprint density at radius 3 is 1.21 bits per heavy atom. The highest BCUT2D eigenvalue weighted by atomic mass is 19.4. The number of nitrogens with one attached hydrogen (secondary N) is 4. The predicted octanol–water partition coefficient (Wildman–Crippen LogP) is 20.0. The Labute approximate surface area is 748 Å². The first-order chi connectivity index (χ1) is 62.8. The Balaban J connectivity index is 0.000000161. The van der Waals surface area contributed by atoms with Crippen LogP contribution in [-0.2, 0) is 51.7 Å². The number of pyridine rings is 4. The summed E-state index contributed by atoms with van der Waals surface area (Å²) < 4.78 is 237. The zero-order valence-electron chi connectivity index (χ0n) is 69.4. The first-order valence-electron chi connectivity index (χ1n) is 39.6. The van der Waals surface area contributed by atoms with E-state index >= 15 is 0 Å². The number of alkyl halides is 18. The molecule has 0 atom stereocenters. The molecule has 0 fully saturated rings. The minimum atomic E-state index is -4.65. The van der Waals surface area contributed by atoms with E-state index in [1.165, 1.54) is 12.3 Å². The Bertz CT molecular complexity index is 6690. The summed E-state index contributed by atoms with van der Waals surface area (Å²) in [5.41, 5.74) is 16.3. The summed E-state index contributed by atoms with van der Waals surface area (Å²) in [4.78, 5) is 96.7. The monoisotopic (exact) mass is 1870 g/mol. The van der Waals surface area contributed by atoms with Gasteiger partial charge in [-0.1, -0.05) is 74.2 Å². The highest BCUT2D eigenvalue weighted by molar-refractivity contribution is 5.90. The Morgan fingerprint density at radius 2 is 0.776 bits per heavy atom. The number of amides is 4. The molecule has 4 aromatic carbocycles. The Kier molecular flexibility index (Phi) is 29.4. The van der Waals surface area contributed by atoms with Crippen molar-refractivity contribution in [3.63, 3.8) is 0 Å². The molecule has 43 heteroatoms. The molecule has 0 saturated carbocycles. The average Bonchev–Trinajstić information content (AvgIpc) is 1.35. The van der Waals surface area contributed by atoms with E-state index in [1.54, 1.807) is 202 Å². The molecule has 12 aromatic heterocycles. The molecule has 16 aromatic rings. The Hall–Kier alpha value is -15.6. The summed E-state index contributed by atoms with van der Waals surface area (Å²) >= 11 is 0. The van der Waals surface area contributed by atoms with E-state index in [0.29, 0.717) is 108 Å². The van der Waals surface area contributed by atoms with Gasteiger partial charge >= 0.3 is 30.7 Å². The first-order valence-corrected chi connectivity index (χ1v) is 39.6. The largest absolute Gasteiger partial charge is 0.421 e. The molecule has 0 spiro atoms. The lowest BCUT2D eigenvalue weighted by atomic mass is 10.0. The smallest absolute Gasteiger partial charge is 0.383 e. The maximum atomic E-state index is 13.6. The molecule has 16 rings (SSSR count). The molecule has 0 bridgehead atoms. The molecule has 6 N–H and O–H groups in total. The van der Waals surface area contributed by atoms with Crippen molar-refractivity contribution >= 4 is 57.7 Å². The maximum absolute atomic E-state index is 13.6. The number of nitrogen functional groups attached to an aromatic ring is 1. The topological polar surface area (TPSA) is 315 Å². The third kappa shape index (κ3) is 26.2. The van der Waals surface area contributed by atoms with Crippen molar-refractivity contribution in [2.75, 3.05) is 30.7 Å². The van der Waals surface area contributed by atoms with Gasteiger partial charge in [-0.3, -0.25) is 32.0 Å². The van der Waals surface area contributed by atoms with Gasteiger partial charge in [-0.25, -0.2) is 73.4 Å². The lowest BCUT2D eigenvalue weighted by Gasteiger charge is -2.11. The lowest BCUT2D eigenvalue weighted by molar-refractivity contribution is -0.138. The zero-order chi connectivity index (χ0) is 95.5. The quantitative estimate of drug-likeness (QED) is 0.0372. The fraction of sp³-hybridized carbons (Fsp3) is 0.209. The second-order valence-electron chi connectivity index (χ2n) is 30.1.